The highest BCUT2D eigenvalue weighted by Gasteiger charge is 2.37. The molecule has 0 aliphatic carbocycles. The molecule has 6 heteroatoms. The summed E-state index contributed by atoms with van der Waals surface area (Å²) in [5.41, 5.74) is -1.01. The van der Waals surface area contributed by atoms with E-state index in [9.17, 15) is 9.90 Å². The second kappa shape index (κ2) is 6.85. The van der Waals surface area contributed by atoms with E-state index in [1.165, 1.54) is 13.3 Å². The Morgan fingerprint density at radius 2 is 2.05 bits per heavy atom. The van der Waals surface area contributed by atoms with E-state index in [4.69, 9.17) is 4.74 Å². The number of ketones is 1. The molecule has 0 bridgehead atoms. The summed E-state index contributed by atoms with van der Waals surface area (Å²) < 4.78 is 6.82. The van der Waals surface area contributed by atoms with Crippen LogP contribution in [-0.4, -0.2) is 58.9 Å². The smallest absolute Gasteiger partial charge is 0.216 e. The normalized spacial score (nSPS) is 11.9. The Bertz CT molecular complexity index is 451. The number of aliphatic hydroxyl groups is 1. The lowest BCUT2D eigenvalue weighted by Crippen LogP contribution is -2.39. The van der Waals surface area contributed by atoms with E-state index in [0.717, 1.165) is 6.54 Å². The lowest BCUT2D eigenvalue weighted by Gasteiger charge is -2.24. The topological polar surface area (TPSA) is 67.6 Å². The lowest BCUT2D eigenvalue weighted by atomic mass is 9.90. The van der Waals surface area contributed by atoms with E-state index in [-0.39, 0.29) is 5.78 Å². The average molecular weight is 283 g/mol. The second-order valence-electron chi connectivity index (χ2n) is 5.16. The Morgan fingerprint density at radius 1 is 1.45 bits per heavy atom. The van der Waals surface area contributed by atoms with Gasteiger partial charge in [0.1, 0.15) is 11.3 Å². The summed E-state index contributed by atoms with van der Waals surface area (Å²) in [7, 11) is 5.41. The molecule has 0 atom stereocenters. The largest absolute Gasteiger partial charge is 0.493 e. The first-order chi connectivity index (χ1) is 9.39. The summed E-state index contributed by atoms with van der Waals surface area (Å²) >= 11 is 0. The van der Waals surface area contributed by atoms with Crippen LogP contribution < -0.4 is 4.74 Å². The molecule has 1 rings (SSSR count). The zero-order valence-corrected chi connectivity index (χ0v) is 13.0. The standard InChI is InChI=1S/C14H25N3O3/c1-6-14(19,7-2)13(18)12-11(20-5)10-15-17(12)9-8-16(3)4/h10,19H,6-9H2,1-5H3. The molecule has 0 spiro atoms. The highest BCUT2D eigenvalue weighted by Crippen LogP contribution is 2.27. The van der Waals surface area contributed by atoms with Crippen molar-refractivity contribution in [1.82, 2.24) is 14.7 Å². The highest BCUT2D eigenvalue weighted by atomic mass is 16.5. The van der Waals surface area contributed by atoms with Crippen LogP contribution >= 0.6 is 0 Å². The second-order valence-corrected chi connectivity index (χ2v) is 5.16. The van der Waals surface area contributed by atoms with Crippen LogP contribution in [0.25, 0.3) is 0 Å². The van der Waals surface area contributed by atoms with Crippen LogP contribution in [-0.2, 0) is 6.54 Å². The van der Waals surface area contributed by atoms with Gasteiger partial charge in [0.05, 0.1) is 19.9 Å². The number of carbonyl (C=O) groups excluding carboxylic acids is 1. The number of hydrogen-bond donors (Lipinski definition) is 1. The maximum Gasteiger partial charge on any atom is 0.216 e. The van der Waals surface area contributed by atoms with Gasteiger partial charge < -0.3 is 14.7 Å². The fourth-order valence-electron chi connectivity index (χ4n) is 2.00. The molecule has 114 valence electrons. The molecule has 0 aromatic carbocycles. The molecule has 0 amide bonds. The van der Waals surface area contributed by atoms with Crippen molar-refractivity contribution in [2.24, 2.45) is 0 Å². The molecule has 0 radical (unpaired) electrons. The maximum atomic E-state index is 12.6. The van der Waals surface area contributed by atoms with E-state index in [1.807, 2.05) is 19.0 Å². The minimum absolute atomic E-state index is 0.324. The van der Waals surface area contributed by atoms with Gasteiger partial charge in [0.2, 0.25) is 5.78 Å². The Kier molecular flexibility index (Phi) is 5.71. The summed E-state index contributed by atoms with van der Waals surface area (Å²) in [6.07, 6.45) is 2.25. The van der Waals surface area contributed by atoms with Gasteiger partial charge in [-0.15, -0.1) is 0 Å². The van der Waals surface area contributed by atoms with Gasteiger partial charge in [0.15, 0.2) is 5.75 Å². The number of Topliss-reactive ketones (excluding diaryl/α,β-unsaturated/α-hetero) is 1. The fourth-order valence-corrected chi connectivity index (χ4v) is 2.00. The molecule has 0 saturated heterocycles. The Hall–Kier alpha value is -1.40. The lowest BCUT2D eigenvalue weighted by molar-refractivity contribution is 0.0263. The van der Waals surface area contributed by atoms with Crippen molar-refractivity contribution < 1.29 is 14.6 Å². The van der Waals surface area contributed by atoms with Crippen molar-refractivity contribution in [2.75, 3.05) is 27.7 Å². The van der Waals surface area contributed by atoms with E-state index in [0.29, 0.717) is 30.8 Å². The number of aromatic nitrogens is 2. The van der Waals surface area contributed by atoms with Gasteiger partial charge in [0, 0.05) is 6.54 Å². The van der Waals surface area contributed by atoms with Crippen LogP contribution in [0.15, 0.2) is 6.20 Å². The van der Waals surface area contributed by atoms with Gasteiger partial charge >= 0.3 is 0 Å². The number of methoxy groups -OCH3 is 1. The number of carbonyl (C=O) groups is 1. The number of rotatable bonds is 8. The summed E-state index contributed by atoms with van der Waals surface area (Å²) in [6, 6.07) is 0. The molecule has 1 N–H and O–H groups in total. The highest BCUT2D eigenvalue weighted by molar-refractivity contribution is 6.03. The van der Waals surface area contributed by atoms with Gasteiger partial charge in [-0.3, -0.25) is 9.48 Å². The van der Waals surface area contributed by atoms with Gasteiger partial charge in [-0.2, -0.15) is 5.10 Å². The predicted octanol–water partition coefficient (Wildman–Crippen LogP) is 1.19. The van der Waals surface area contributed by atoms with E-state index in [2.05, 4.69) is 5.10 Å². The van der Waals surface area contributed by atoms with Crippen molar-refractivity contribution in [3.8, 4) is 5.75 Å². The van der Waals surface area contributed by atoms with Crippen LogP contribution in [0.3, 0.4) is 0 Å². The summed E-state index contributed by atoms with van der Waals surface area (Å²) in [5.74, 6) is 0.0877. The molecule has 0 unspecified atom stereocenters. The molecule has 0 saturated carbocycles. The number of nitrogens with zero attached hydrogens (tertiary/aromatic N) is 3. The number of likely N-dealkylation sites (N-methyl/N-ethyl adjacent to an activating group) is 1. The Labute approximate surface area is 120 Å². The Morgan fingerprint density at radius 3 is 2.50 bits per heavy atom. The van der Waals surface area contributed by atoms with Crippen LogP contribution in [0.5, 0.6) is 5.75 Å². The van der Waals surface area contributed by atoms with Crippen LogP contribution in [0.4, 0.5) is 0 Å². The zero-order chi connectivity index (χ0) is 15.3. The van der Waals surface area contributed by atoms with E-state index >= 15 is 0 Å². The molecular formula is C14H25N3O3. The molecular weight excluding hydrogens is 258 g/mol. The van der Waals surface area contributed by atoms with Crippen LogP contribution in [0.2, 0.25) is 0 Å². The van der Waals surface area contributed by atoms with Crippen LogP contribution in [0, 0.1) is 0 Å². The van der Waals surface area contributed by atoms with E-state index < -0.39 is 5.60 Å². The minimum atomic E-state index is -1.36. The monoisotopic (exact) mass is 283 g/mol. The molecule has 6 nitrogen and oxygen atoms in total. The zero-order valence-electron chi connectivity index (χ0n) is 13.0. The quantitative estimate of drug-likeness (QED) is 0.726. The van der Waals surface area contributed by atoms with Gasteiger partial charge in [-0.1, -0.05) is 13.8 Å². The summed E-state index contributed by atoms with van der Waals surface area (Å²) in [6.45, 7) is 4.92. The molecule has 1 aromatic rings. The van der Waals surface area contributed by atoms with Gasteiger partial charge in [0.25, 0.3) is 0 Å². The molecule has 0 fully saturated rings. The van der Waals surface area contributed by atoms with E-state index in [1.54, 1.807) is 18.5 Å². The summed E-state index contributed by atoms with van der Waals surface area (Å²) in [5, 5.41) is 14.6. The SMILES string of the molecule is CCC(O)(CC)C(=O)c1c(OC)cnn1CCN(C)C. The maximum absolute atomic E-state index is 12.6. The van der Waals surface area contributed by atoms with Crippen molar-refractivity contribution in [3.63, 3.8) is 0 Å². The van der Waals surface area contributed by atoms with Crippen molar-refractivity contribution >= 4 is 5.78 Å². The first kappa shape index (κ1) is 16.7. The van der Waals surface area contributed by atoms with Gasteiger partial charge in [-0.25, -0.2) is 0 Å². The third-order valence-electron chi connectivity index (χ3n) is 3.59. The molecule has 1 aromatic heterocycles. The first-order valence-corrected chi connectivity index (χ1v) is 6.91. The first-order valence-electron chi connectivity index (χ1n) is 6.91. The van der Waals surface area contributed by atoms with Gasteiger partial charge in [-0.05, 0) is 26.9 Å². The number of ether oxygens (including phenoxy) is 1. The van der Waals surface area contributed by atoms with Crippen molar-refractivity contribution in [1.29, 1.82) is 0 Å². The third kappa shape index (κ3) is 3.37. The minimum Gasteiger partial charge on any atom is -0.493 e. The van der Waals surface area contributed by atoms with Crippen molar-refractivity contribution in [2.45, 2.75) is 38.8 Å². The molecule has 0 aliphatic heterocycles. The third-order valence-corrected chi connectivity index (χ3v) is 3.59. The molecule has 1 heterocycles. The Balaban J connectivity index is 3.13. The average Bonchev–Trinajstić information content (AvgIpc) is 2.86. The molecule has 20 heavy (non-hydrogen) atoms. The molecule has 0 aliphatic rings. The number of hydrogen-bond acceptors (Lipinski definition) is 5. The van der Waals surface area contributed by atoms with Crippen molar-refractivity contribution in [3.05, 3.63) is 11.9 Å². The van der Waals surface area contributed by atoms with Crippen LogP contribution in [0.1, 0.15) is 37.2 Å². The predicted molar refractivity (Wildman–Crippen MR) is 77.2 cm³/mol. The summed E-state index contributed by atoms with van der Waals surface area (Å²) in [4.78, 5) is 14.6. The fraction of sp³-hybridized carbons (Fsp3) is 0.714.